The second-order valence-corrected chi connectivity index (χ2v) is 3.71. The van der Waals surface area contributed by atoms with E-state index in [1.54, 1.807) is 25.1 Å². The molecular weight excluding hydrogens is 239 g/mol. The maximum atomic E-state index is 13.5. The first-order valence-corrected chi connectivity index (χ1v) is 5.23. The van der Waals surface area contributed by atoms with Crippen molar-refractivity contribution in [2.45, 2.75) is 13.0 Å². The highest BCUT2D eigenvalue weighted by Gasteiger charge is 2.19. The summed E-state index contributed by atoms with van der Waals surface area (Å²) in [5.74, 6) is -1.06. The minimum atomic E-state index is -0.565. The number of benzene rings is 1. The van der Waals surface area contributed by atoms with Gasteiger partial charge < -0.3 is 11.1 Å². The van der Waals surface area contributed by atoms with E-state index < -0.39 is 17.8 Å². The van der Waals surface area contributed by atoms with Crippen molar-refractivity contribution in [1.82, 2.24) is 15.6 Å². The largest absolute Gasteiger partial charge is 0.379 e. The molecule has 0 radical (unpaired) electrons. The molecule has 1 heterocycles. The predicted octanol–water partition coefficient (Wildman–Crippen LogP) is 1.28. The van der Waals surface area contributed by atoms with Crippen molar-refractivity contribution in [2.75, 3.05) is 5.73 Å². The number of nitrogens with one attached hydrogen (secondary N) is 1. The van der Waals surface area contributed by atoms with Crippen LogP contribution in [0.3, 0.4) is 0 Å². The molecule has 2 aromatic rings. The summed E-state index contributed by atoms with van der Waals surface area (Å²) in [5, 5.41) is 9.22. The summed E-state index contributed by atoms with van der Waals surface area (Å²) in [6.07, 6.45) is 0. The fourth-order valence-electron chi connectivity index (χ4n) is 1.52. The number of amides is 1. The van der Waals surface area contributed by atoms with Crippen LogP contribution in [-0.2, 0) is 0 Å². The van der Waals surface area contributed by atoms with E-state index in [9.17, 15) is 9.18 Å². The van der Waals surface area contributed by atoms with Gasteiger partial charge in [0.05, 0.1) is 6.04 Å². The van der Waals surface area contributed by atoms with Crippen molar-refractivity contribution in [3.8, 4) is 0 Å². The van der Waals surface area contributed by atoms with Gasteiger partial charge in [-0.1, -0.05) is 18.2 Å². The van der Waals surface area contributed by atoms with E-state index in [2.05, 4.69) is 20.3 Å². The van der Waals surface area contributed by atoms with Crippen LogP contribution in [0.5, 0.6) is 0 Å². The lowest BCUT2D eigenvalue weighted by Crippen LogP contribution is -2.28. The Bertz CT molecular complexity index is 570. The van der Waals surface area contributed by atoms with Gasteiger partial charge in [-0.15, -0.1) is 0 Å². The smallest absolute Gasteiger partial charge is 0.277 e. The summed E-state index contributed by atoms with van der Waals surface area (Å²) in [4.78, 5) is 11.7. The Morgan fingerprint density at radius 2 is 2.17 bits per heavy atom. The highest BCUT2D eigenvalue weighted by molar-refractivity contribution is 5.96. The second kappa shape index (κ2) is 4.82. The normalized spacial score (nSPS) is 12.1. The number of halogens is 1. The standard InChI is InChI=1S/C11H11FN4O2/c1-6(7-4-2-3-5-8(7)12)14-11(17)9-10(13)16-18-15-9/h2-6H,1H3,(H2,13,16)(H,14,17)/t6-/m1/s1. The Labute approximate surface area is 102 Å². The molecule has 0 aliphatic rings. The zero-order valence-corrected chi connectivity index (χ0v) is 9.55. The average Bonchev–Trinajstić information content (AvgIpc) is 2.76. The molecule has 18 heavy (non-hydrogen) atoms. The van der Waals surface area contributed by atoms with E-state index in [4.69, 9.17) is 5.73 Å². The molecule has 0 saturated carbocycles. The molecule has 2 rings (SSSR count). The first kappa shape index (κ1) is 12.0. The monoisotopic (exact) mass is 250 g/mol. The van der Waals surface area contributed by atoms with Crippen LogP contribution in [0.4, 0.5) is 10.2 Å². The topological polar surface area (TPSA) is 94.0 Å². The zero-order chi connectivity index (χ0) is 13.1. The lowest BCUT2D eigenvalue weighted by atomic mass is 10.1. The molecule has 0 fully saturated rings. The zero-order valence-electron chi connectivity index (χ0n) is 9.55. The minimum absolute atomic E-state index is 0.103. The molecule has 0 bridgehead atoms. The molecule has 0 spiro atoms. The van der Waals surface area contributed by atoms with Crippen LogP contribution >= 0.6 is 0 Å². The number of rotatable bonds is 3. The van der Waals surface area contributed by atoms with Gasteiger partial charge in [-0.25, -0.2) is 9.02 Å². The predicted molar refractivity (Wildman–Crippen MR) is 61.0 cm³/mol. The Hall–Kier alpha value is -2.44. The van der Waals surface area contributed by atoms with E-state index in [1.165, 1.54) is 6.07 Å². The van der Waals surface area contributed by atoms with Crippen molar-refractivity contribution in [2.24, 2.45) is 0 Å². The molecule has 0 saturated heterocycles. The van der Waals surface area contributed by atoms with Crippen LogP contribution in [0.2, 0.25) is 0 Å². The summed E-state index contributed by atoms with van der Waals surface area (Å²) >= 11 is 0. The lowest BCUT2D eigenvalue weighted by molar-refractivity contribution is 0.0930. The van der Waals surface area contributed by atoms with Crippen LogP contribution in [0.25, 0.3) is 0 Å². The van der Waals surface area contributed by atoms with Gasteiger partial charge in [-0.2, -0.15) is 0 Å². The van der Waals surface area contributed by atoms with E-state index in [0.717, 1.165) is 0 Å². The van der Waals surface area contributed by atoms with Crippen molar-refractivity contribution in [3.63, 3.8) is 0 Å². The molecule has 3 N–H and O–H groups in total. The number of hydrogen-bond acceptors (Lipinski definition) is 5. The van der Waals surface area contributed by atoms with Crippen molar-refractivity contribution in [3.05, 3.63) is 41.3 Å². The van der Waals surface area contributed by atoms with E-state index in [1.807, 2.05) is 0 Å². The van der Waals surface area contributed by atoms with E-state index >= 15 is 0 Å². The Morgan fingerprint density at radius 1 is 1.44 bits per heavy atom. The first-order chi connectivity index (χ1) is 8.59. The van der Waals surface area contributed by atoms with Gasteiger partial charge in [-0.3, -0.25) is 4.79 Å². The highest BCUT2D eigenvalue weighted by Crippen LogP contribution is 2.17. The number of hydrogen-bond donors (Lipinski definition) is 2. The molecule has 6 nitrogen and oxygen atoms in total. The van der Waals surface area contributed by atoms with Crippen molar-refractivity contribution >= 4 is 11.7 Å². The van der Waals surface area contributed by atoms with Crippen LogP contribution < -0.4 is 11.1 Å². The maximum absolute atomic E-state index is 13.5. The Kier molecular flexibility index (Phi) is 3.22. The Morgan fingerprint density at radius 3 is 2.78 bits per heavy atom. The molecule has 1 amide bonds. The number of nitrogens with two attached hydrogens (primary N) is 1. The van der Waals surface area contributed by atoms with Gasteiger partial charge in [0, 0.05) is 5.56 Å². The summed E-state index contributed by atoms with van der Waals surface area (Å²) in [6.45, 7) is 1.65. The quantitative estimate of drug-likeness (QED) is 0.855. The summed E-state index contributed by atoms with van der Waals surface area (Å²) in [7, 11) is 0. The third-order valence-corrected chi connectivity index (χ3v) is 2.45. The maximum Gasteiger partial charge on any atom is 0.277 e. The van der Waals surface area contributed by atoms with Crippen LogP contribution in [-0.4, -0.2) is 16.2 Å². The van der Waals surface area contributed by atoms with Gasteiger partial charge in [0.25, 0.3) is 5.91 Å². The van der Waals surface area contributed by atoms with Crippen molar-refractivity contribution in [1.29, 1.82) is 0 Å². The van der Waals surface area contributed by atoms with Gasteiger partial charge in [0.15, 0.2) is 0 Å². The SMILES string of the molecule is C[C@@H](NC(=O)c1nonc1N)c1ccccc1F. The number of aromatic nitrogens is 2. The number of nitrogens with zero attached hydrogens (tertiary/aromatic N) is 2. The summed E-state index contributed by atoms with van der Waals surface area (Å²) in [5.41, 5.74) is 5.65. The fourth-order valence-corrected chi connectivity index (χ4v) is 1.52. The molecule has 1 atom stereocenters. The molecular formula is C11H11FN4O2. The molecule has 94 valence electrons. The highest BCUT2D eigenvalue weighted by atomic mass is 19.1. The molecule has 0 aliphatic carbocycles. The first-order valence-electron chi connectivity index (χ1n) is 5.23. The number of carbonyl (C=O) groups excluding carboxylic acids is 1. The summed E-state index contributed by atoms with van der Waals surface area (Å²) in [6, 6.07) is 5.66. The Balaban J connectivity index is 2.13. The number of anilines is 1. The van der Waals surface area contributed by atoms with Crippen LogP contribution in [0.15, 0.2) is 28.9 Å². The van der Waals surface area contributed by atoms with Crippen LogP contribution in [0.1, 0.15) is 29.0 Å². The number of nitrogen functional groups attached to an aromatic ring is 1. The fraction of sp³-hybridized carbons (Fsp3) is 0.182. The average molecular weight is 250 g/mol. The second-order valence-electron chi connectivity index (χ2n) is 3.71. The molecule has 1 aromatic carbocycles. The minimum Gasteiger partial charge on any atom is -0.379 e. The van der Waals surface area contributed by atoms with E-state index in [-0.39, 0.29) is 11.5 Å². The summed E-state index contributed by atoms with van der Waals surface area (Å²) < 4.78 is 17.8. The van der Waals surface area contributed by atoms with Gasteiger partial charge in [0.1, 0.15) is 5.82 Å². The van der Waals surface area contributed by atoms with Gasteiger partial charge in [-0.05, 0) is 23.3 Å². The molecule has 0 aliphatic heterocycles. The third-order valence-electron chi connectivity index (χ3n) is 2.45. The molecule has 7 heteroatoms. The number of carbonyl (C=O) groups is 1. The lowest BCUT2D eigenvalue weighted by Gasteiger charge is -2.13. The molecule has 0 unspecified atom stereocenters. The third kappa shape index (κ3) is 2.29. The van der Waals surface area contributed by atoms with Gasteiger partial charge in [0.2, 0.25) is 11.5 Å². The van der Waals surface area contributed by atoms with Crippen molar-refractivity contribution < 1.29 is 13.8 Å². The van der Waals surface area contributed by atoms with Crippen LogP contribution in [0, 0.1) is 5.82 Å². The van der Waals surface area contributed by atoms with E-state index in [0.29, 0.717) is 5.56 Å². The van der Waals surface area contributed by atoms with Gasteiger partial charge >= 0.3 is 0 Å². The molecule has 1 aromatic heterocycles.